The molecule has 0 saturated heterocycles. The van der Waals surface area contributed by atoms with Crippen LogP contribution in [0.4, 0.5) is 0 Å². The molecule has 0 bridgehead atoms. The summed E-state index contributed by atoms with van der Waals surface area (Å²) in [5.41, 5.74) is 2.53. The normalized spacial score (nSPS) is 15.3. The number of benzene rings is 1. The number of carboxylic acid groups (broad SMARTS) is 1. The van der Waals surface area contributed by atoms with Crippen LogP contribution >= 0.6 is 0 Å². The standard InChI is InChI=1S/C18H25NO3/c1-13-6-8-14(9-7-13)4-2-3-5-17(20)19-16(18(21)22)12-15-10-11-15/h6-9,15-16H,2-5,10-12H2,1H3,(H,19,20)(H,21,22). The summed E-state index contributed by atoms with van der Waals surface area (Å²) < 4.78 is 0. The predicted octanol–water partition coefficient (Wildman–Crippen LogP) is 3.08. The molecular weight excluding hydrogens is 278 g/mol. The summed E-state index contributed by atoms with van der Waals surface area (Å²) in [4.78, 5) is 23.0. The van der Waals surface area contributed by atoms with Crippen molar-refractivity contribution in [3.8, 4) is 0 Å². The van der Waals surface area contributed by atoms with E-state index >= 15 is 0 Å². The molecule has 0 spiro atoms. The van der Waals surface area contributed by atoms with E-state index in [9.17, 15) is 9.59 Å². The van der Waals surface area contributed by atoms with Gasteiger partial charge in [0, 0.05) is 6.42 Å². The molecular formula is C18H25NO3. The van der Waals surface area contributed by atoms with E-state index in [4.69, 9.17) is 5.11 Å². The van der Waals surface area contributed by atoms with E-state index < -0.39 is 12.0 Å². The van der Waals surface area contributed by atoms with Crippen LogP contribution in [0.25, 0.3) is 0 Å². The minimum atomic E-state index is -0.917. The fourth-order valence-electron chi connectivity index (χ4n) is 2.54. The van der Waals surface area contributed by atoms with Crippen LogP contribution in [0.1, 0.15) is 49.7 Å². The van der Waals surface area contributed by atoms with Crippen LogP contribution in [0.3, 0.4) is 0 Å². The Morgan fingerprint density at radius 2 is 1.91 bits per heavy atom. The highest BCUT2D eigenvalue weighted by atomic mass is 16.4. The summed E-state index contributed by atoms with van der Waals surface area (Å²) in [5, 5.41) is 11.8. The number of aliphatic carboxylic acids is 1. The summed E-state index contributed by atoms with van der Waals surface area (Å²) in [7, 11) is 0. The molecule has 0 aromatic heterocycles. The predicted molar refractivity (Wildman–Crippen MR) is 85.6 cm³/mol. The largest absolute Gasteiger partial charge is 0.480 e. The maximum atomic E-state index is 11.8. The zero-order valence-corrected chi connectivity index (χ0v) is 13.2. The lowest BCUT2D eigenvalue weighted by Crippen LogP contribution is -2.41. The first-order chi connectivity index (χ1) is 10.5. The summed E-state index contributed by atoms with van der Waals surface area (Å²) in [6.45, 7) is 2.06. The second kappa shape index (κ2) is 7.97. The molecule has 1 aliphatic rings. The van der Waals surface area contributed by atoms with Crippen molar-refractivity contribution in [2.24, 2.45) is 5.92 Å². The average molecular weight is 303 g/mol. The SMILES string of the molecule is Cc1ccc(CCCCC(=O)NC(CC2CC2)C(=O)O)cc1. The first kappa shape index (κ1) is 16.5. The first-order valence-electron chi connectivity index (χ1n) is 8.12. The van der Waals surface area contributed by atoms with Crippen LogP contribution in [-0.4, -0.2) is 23.0 Å². The molecule has 0 radical (unpaired) electrons. The van der Waals surface area contributed by atoms with Gasteiger partial charge in [0.15, 0.2) is 0 Å². The van der Waals surface area contributed by atoms with E-state index in [0.29, 0.717) is 18.8 Å². The fourth-order valence-corrected chi connectivity index (χ4v) is 2.54. The van der Waals surface area contributed by atoms with Gasteiger partial charge in [0.05, 0.1) is 0 Å². The molecule has 0 heterocycles. The highest BCUT2D eigenvalue weighted by Crippen LogP contribution is 2.33. The van der Waals surface area contributed by atoms with Crippen molar-refractivity contribution in [3.63, 3.8) is 0 Å². The van der Waals surface area contributed by atoms with Gasteiger partial charge in [0.2, 0.25) is 5.91 Å². The van der Waals surface area contributed by atoms with Gasteiger partial charge in [0.25, 0.3) is 0 Å². The van der Waals surface area contributed by atoms with Crippen LogP contribution in [0.5, 0.6) is 0 Å². The number of aryl methyl sites for hydroxylation is 2. The Morgan fingerprint density at radius 3 is 2.50 bits per heavy atom. The Morgan fingerprint density at radius 1 is 1.23 bits per heavy atom. The molecule has 0 aliphatic heterocycles. The smallest absolute Gasteiger partial charge is 0.326 e. The number of nitrogens with one attached hydrogen (secondary N) is 1. The lowest BCUT2D eigenvalue weighted by Gasteiger charge is -2.14. The minimum Gasteiger partial charge on any atom is -0.480 e. The zero-order chi connectivity index (χ0) is 15.9. The van der Waals surface area contributed by atoms with Gasteiger partial charge in [-0.25, -0.2) is 4.79 Å². The van der Waals surface area contributed by atoms with Crippen LogP contribution in [-0.2, 0) is 16.0 Å². The number of hydrogen-bond acceptors (Lipinski definition) is 2. The number of carbonyl (C=O) groups is 2. The summed E-state index contributed by atoms with van der Waals surface area (Å²) in [6.07, 6.45) is 5.85. The summed E-state index contributed by atoms with van der Waals surface area (Å²) >= 11 is 0. The van der Waals surface area contributed by atoms with E-state index in [1.165, 1.54) is 11.1 Å². The van der Waals surface area contributed by atoms with Gasteiger partial charge in [0.1, 0.15) is 6.04 Å². The Hall–Kier alpha value is -1.84. The molecule has 2 rings (SSSR count). The van der Waals surface area contributed by atoms with E-state index in [-0.39, 0.29) is 5.91 Å². The van der Waals surface area contributed by atoms with Crippen molar-refractivity contribution in [2.45, 2.75) is 57.9 Å². The molecule has 4 heteroatoms. The van der Waals surface area contributed by atoms with E-state index in [1.54, 1.807) is 0 Å². The van der Waals surface area contributed by atoms with Gasteiger partial charge in [-0.1, -0.05) is 42.7 Å². The van der Waals surface area contributed by atoms with Crippen molar-refractivity contribution in [3.05, 3.63) is 35.4 Å². The molecule has 22 heavy (non-hydrogen) atoms. The van der Waals surface area contributed by atoms with Gasteiger partial charge in [-0.05, 0) is 44.1 Å². The van der Waals surface area contributed by atoms with Gasteiger partial charge >= 0.3 is 5.97 Å². The highest BCUT2D eigenvalue weighted by molar-refractivity contribution is 5.83. The molecule has 1 aromatic carbocycles. The number of carboxylic acids is 1. The molecule has 1 amide bonds. The van der Waals surface area contributed by atoms with Crippen LogP contribution in [0.15, 0.2) is 24.3 Å². The molecule has 1 aromatic rings. The lowest BCUT2D eigenvalue weighted by atomic mass is 10.1. The van der Waals surface area contributed by atoms with Crippen molar-refractivity contribution in [2.75, 3.05) is 0 Å². The number of rotatable bonds is 9. The second-order valence-corrected chi connectivity index (χ2v) is 6.33. The van der Waals surface area contributed by atoms with Gasteiger partial charge < -0.3 is 10.4 Å². The molecule has 1 unspecified atom stereocenters. The minimum absolute atomic E-state index is 0.142. The Bertz CT molecular complexity index is 506. The van der Waals surface area contributed by atoms with Gasteiger partial charge in [-0.15, -0.1) is 0 Å². The van der Waals surface area contributed by atoms with Gasteiger partial charge in [-0.3, -0.25) is 4.79 Å². The van der Waals surface area contributed by atoms with Crippen LogP contribution in [0.2, 0.25) is 0 Å². The average Bonchev–Trinajstić information content (AvgIpc) is 3.29. The van der Waals surface area contributed by atoms with Crippen molar-refractivity contribution in [1.29, 1.82) is 0 Å². The number of amides is 1. The Balaban J connectivity index is 1.64. The third kappa shape index (κ3) is 5.88. The lowest BCUT2D eigenvalue weighted by molar-refractivity contribution is -0.142. The molecule has 1 saturated carbocycles. The molecule has 2 N–H and O–H groups in total. The van der Waals surface area contributed by atoms with E-state index in [0.717, 1.165) is 32.1 Å². The summed E-state index contributed by atoms with van der Waals surface area (Å²) in [5.74, 6) is -0.570. The monoisotopic (exact) mass is 303 g/mol. The highest BCUT2D eigenvalue weighted by Gasteiger charge is 2.29. The van der Waals surface area contributed by atoms with Crippen molar-refractivity contribution < 1.29 is 14.7 Å². The maximum Gasteiger partial charge on any atom is 0.326 e. The molecule has 1 fully saturated rings. The summed E-state index contributed by atoms with van der Waals surface area (Å²) in [6, 6.07) is 7.71. The maximum absolute atomic E-state index is 11.8. The zero-order valence-electron chi connectivity index (χ0n) is 13.2. The number of hydrogen-bond donors (Lipinski definition) is 2. The molecule has 1 aliphatic carbocycles. The van der Waals surface area contributed by atoms with Gasteiger partial charge in [-0.2, -0.15) is 0 Å². The molecule has 4 nitrogen and oxygen atoms in total. The number of carbonyl (C=O) groups excluding carboxylic acids is 1. The third-order valence-electron chi connectivity index (χ3n) is 4.14. The third-order valence-corrected chi connectivity index (χ3v) is 4.14. The van der Waals surface area contributed by atoms with Crippen LogP contribution in [0, 0.1) is 12.8 Å². The van der Waals surface area contributed by atoms with Crippen molar-refractivity contribution >= 4 is 11.9 Å². The quantitative estimate of drug-likeness (QED) is 0.689. The first-order valence-corrected chi connectivity index (χ1v) is 8.12. The van der Waals surface area contributed by atoms with E-state index in [1.807, 2.05) is 0 Å². The topological polar surface area (TPSA) is 66.4 Å². The number of unbranched alkanes of at least 4 members (excludes halogenated alkanes) is 1. The Kier molecular flexibility index (Phi) is 5.99. The molecule has 1 atom stereocenters. The Labute approximate surface area is 131 Å². The van der Waals surface area contributed by atoms with Crippen molar-refractivity contribution in [1.82, 2.24) is 5.32 Å². The second-order valence-electron chi connectivity index (χ2n) is 6.33. The van der Waals surface area contributed by atoms with Crippen LogP contribution < -0.4 is 5.32 Å². The molecule has 120 valence electrons. The fraction of sp³-hybridized carbons (Fsp3) is 0.556. The van der Waals surface area contributed by atoms with E-state index in [2.05, 4.69) is 36.5 Å².